The Morgan fingerprint density at radius 1 is 1.06 bits per heavy atom. The molecule has 0 aliphatic carbocycles. The third kappa shape index (κ3) is 5.56. The Kier molecular flexibility index (Phi) is 5.91. The fraction of sp³-hybridized carbons (Fsp3) is 0.647. The SMILES string of the molecule is CC(C)CC(Br)CCc1ccc(C(C)(C)C)cc1. The van der Waals surface area contributed by atoms with Gasteiger partial charge in [0.15, 0.2) is 0 Å². The van der Waals surface area contributed by atoms with Crippen LogP contribution >= 0.6 is 15.9 Å². The zero-order valence-corrected chi connectivity index (χ0v) is 14.0. The van der Waals surface area contributed by atoms with Gasteiger partial charge in [0.1, 0.15) is 0 Å². The van der Waals surface area contributed by atoms with Crippen LogP contribution in [-0.2, 0) is 11.8 Å². The van der Waals surface area contributed by atoms with Gasteiger partial charge in [-0.05, 0) is 41.7 Å². The molecule has 0 spiro atoms. The van der Waals surface area contributed by atoms with E-state index in [1.807, 2.05) is 0 Å². The molecule has 1 aromatic carbocycles. The monoisotopic (exact) mass is 310 g/mol. The summed E-state index contributed by atoms with van der Waals surface area (Å²) in [5, 5.41) is 0. The first kappa shape index (κ1) is 15.8. The van der Waals surface area contributed by atoms with Gasteiger partial charge in [-0.3, -0.25) is 0 Å². The standard InChI is InChI=1S/C17H27Br/c1-13(2)12-16(18)11-8-14-6-9-15(10-7-14)17(3,4)5/h6-7,9-10,13,16H,8,11-12H2,1-5H3. The second-order valence-corrected chi connectivity index (χ2v) is 8.01. The van der Waals surface area contributed by atoms with Crippen molar-refractivity contribution in [1.29, 1.82) is 0 Å². The molecule has 0 heterocycles. The van der Waals surface area contributed by atoms with Crippen LogP contribution in [0.1, 0.15) is 58.6 Å². The minimum atomic E-state index is 0.258. The van der Waals surface area contributed by atoms with Crippen molar-refractivity contribution in [1.82, 2.24) is 0 Å². The van der Waals surface area contributed by atoms with E-state index in [0.717, 1.165) is 5.92 Å². The maximum Gasteiger partial charge on any atom is 0.0151 e. The summed E-state index contributed by atoms with van der Waals surface area (Å²) in [7, 11) is 0. The number of hydrogen-bond donors (Lipinski definition) is 0. The molecule has 0 aliphatic heterocycles. The maximum atomic E-state index is 3.78. The van der Waals surface area contributed by atoms with Crippen LogP contribution in [-0.4, -0.2) is 4.83 Å². The summed E-state index contributed by atoms with van der Waals surface area (Å²) >= 11 is 3.78. The van der Waals surface area contributed by atoms with Crippen molar-refractivity contribution in [3.05, 3.63) is 35.4 Å². The van der Waals surface area contributed by atoms with Crippen molar-refractivity contribution in [3.63, 3.8) is 0 Å². The van der Waals surface area contributed by atoms with Crippen molar-refractivity contribution < 1.29 is 0 Å². The quantitative estimate of drug-likeness (QED) is 0.609. The minimum absolute atomic E-state index is 0.258. The molecular formula is C17H27Br. The summed E-state index contributed by atoms with van der Waals surface area (Å²) in [5.41, 5.74) is 3.13. The van der Waals surface area contributed by atoms with Crippen LogP contribution in [0.4, 0.5) is 0 Å². The average molecular weight is 311 g/mol. The third-order valence-corrected chi connectivity index (χ3v) is 4.13. The maximum absolute atomic E-state index is 3.78. The number of hydrogen-bond acceptors (Lipinski definition) is 0. The Bertz CT molecular complexity index is 343. The van der Waals surface area contributed by atoms with E-state index in [1.54, 1.807) is 0 Å². The van der Waals surface area contributed by atoms with Crippen molar-refractivity contribution in [2.75, 3.05) is 0 Å². The first-order valence-corrected chi connectivity index (χ1v) is 7.94. The molecule has 1 aromatic rings. The van der Waals surface area contributed by atoms with Crippen molar-refractivity contribution in [3.8, 4) is 0 Å². The Labute approximate surface area is 121 Å². The van der Waals surface area contributed by atoms with Crippen molar-refractivity contribution in [2.45, 2.75) is 64.1 Å². The summed E-state index contributed by atoms with van der Waals surface area (Å²) in [4.78, 5) is 0.653. The Hall–Kier alpha value is -0.300. The van der Waals surface area contributed by atoms with E-state index in [9.17, 15) is 0 Å². The Morgan fingerprint density at radius 2 is 1.61 bits per heavy atom. The molecule has 0 saturated carbocycles. The van der Waals surface area contributed by atoms with Crippen LogP contribution in [0.3, 0.4) is 0 Å². The van der Waals surface area contributed by atoms with E-state index < -0.39 is 0 Å². The number of alkyl halides is 1. The van der Waals surface area contributed by atoms with Crippen LogP contribution in [0.15, 0.2) is 24.3 Å². The lowest BCUT2D eigenvalue weighted by Crippen LogP contribution is -2.10. The first-order chi connectivity index (χ1) is 8.29. The smallest absolute Gasteiger partial charge is 0.0151 e. The summed E-state index contributed by atoms with van der Waals surface area (Å²) in [5.74, 6) is 0.776. The van der Waals surface area contributed by atoms with Gasteiger partial charge in [-0.15, -0.1) is 0 Å². The summed E-state index contributed by atoms with van der Waals surface area (Å²) in [6.45, 7) is 11.4. The zero-order valence-electron chi connectivity index (χ0n) is 12.5. The molecule has 0 saturated heterocycles. The molecule has 0 radical (unpaired) electrons. The van der Waals surface area contributed by atoms with Crippen LogP contribution in [0, 0.1) is 5.92 Å². The molecule has 0 aliphatic rings. The van der Waals surface area contributed by atoms with Crippen molar-refractivity contribution in [2.24, 2.45) is 5.92 Å². The van der Waals surface area contributed by atoms with Gasteiger partial charge in [-0.1, -0.05) is 74.8 Å². The molecule has 0 N–H and O–H groups in total. The normalized spacial score (nSPS) is 13.9. The Balaban J connectivity index is 2.49. The van der Waals surface area contributed by atoms with E-state index in [-0.39, 0.29) is 5.41 Å². The van der Waals surface area contributed by atoms with E-state index in [2.05, 4.69) is 74.8 Å². The van der Waals surface area contributed by atoms with E-state index in [1.165, 1.54) is 30.4 Å². The largest absolute Gasteiger partial charge is 0.0890 e. The van der Waals surface area contributed by atoms with E-state index >= 15 is 0 Å². The molecular weight excluding hydrogens is 284 g/mol. The zero-order chi connectivity index (χ0) is 13.8. The van der Waals surface area contributed by atoms with Crippen LogP contribution < -0.4 is 0 Å². The highest BCUT2D eigenvalue weighted by atomic mass is 79.9. The molecule has 1 rings (SSSR count). The molecule has 18 heavy (non-hydrogen) atoms. The summed E-state index contributed by atoms with van der Waals surface area (Å²) in [6.07, 6.45) is 3.67. The molecule has 102 valence electrons. The van der Waals surface area contributed by atoms with Crippen LogP contribution in [0.2, 0.25) is 0 Å². The molecule has 0 fully saturated rings. The molecule has 0 bridgehead atoms. The topological polar surface area (TPSA) is 0 Å². The summed E-state index contributed by atoms with van der Waals surface area (Å²) in [6, 6.07) is 9.13. The van der Waals surface area contributed by atoms with Crippen molar-refractivity contribution >= 4 is 15.9 Å². The van der Waals surface area contributed by atoms with E-state index in [0.29, 0.717) is 4.83 Å². The number of rotatable bonds is 5. The highest BCUT2D eigenvalue weighted by Crippen LogP contribution is 2.23. The van der Waals surface area contributed by atoms with Crippen LogP contribution in [0.25, 0.3) is 0 Å². The van der Waals surface area contributed by atoms with E-state index in [4.69, 9.17) is 0 Å². The number of halogens is 1. The average Bonchev–Trinajstić information content (AvgIpc) is 2.25. The lowest BCUT2D eigenvalue weighted by atomic mass is 9.86. The molecule has 1 atom stereocenters. The van der Waals surface area contributed by atoms with Gasteiger partial charge in [0.2, 0.25) is 0 Å². The molecule has 1 unspecified atom stereocenters. The fourth-order valence-electron chi connectivity index (χ4n) is 2.12. The third-order valence-electron chi connectivity index (χ3n) is 3.29. The van der Waals surface area contributed by atoms with Gasteiger partial charge in [0.25, 0.3) is 0 Å². The first-order valence-electron chi connectivity index (χ1n) is 7.02. The second-order valence-electron chi connectivity index (χ2n) is 6.71. The van der Waals surface area contributed by atoms with Gasteiger partial charge in [0, 0.05) is 4.83 Å². The minimum Gasteiger partial charge on any atom is -0.0890 e. The Morgan fingerprint density at radius 3 is 2.06 bits per heavy atom. The van der Waals surface area contributed by atoms with Gasteiger partial charge in [0.05, 0.1) is 0 Å². The van der Waals surface area contributed by atoms with Crippen LogP contribution in [0.5, 0.6) is 0 Å². The molecule has 0 aromatic heterocycles. The van der Waals surface area contributed by atoms with Gasteiger partial charge in [-0.25, -0.2) is 0 Å². The van der Waals surface area contributed by atoms with Gasteiger partial charge >= 0.3 is 0 Å². The molecule has 0 amide bonds. The molecule has 1 heteroatoms. The lowest BCUT2D eigenvalue weighted by Gasteiger charge is -2.19. The van der Waals surface area contributed by atoms with Gasteiger partial charge in [-0.2, -0.15) is 0 Å². The number of aryl methyl sites for hydroxylation is 1. The highest BCUT2D eigenvalue weighted by Gasteiger charge is 2.13. The highest BCUT2D eigenvalue weighted by molar-refractivity contribution is 9.09. The van der Waals surface area contributed by atoms with Gasteiger partial charge < -0.3 is 0 Å². The fourth-order valence-corrected chi connectivity index (χ4v) is 3.10. The molecule has 0 nitrogen and oxygen atoms in total. The number of benzene rings is 1. The predicted molar refractivity (Wildman–Crippen MR) is 85.6 cm³/mol. The predicted octanol–water partition coefficient (Wildman–Crippen LogP) is 5.73. The second kappa shape index (κ2) is 6.75. The lowest BCUT2D eigenvalue weighted by molar-refractivity contribution is 0.554. The summed E-state index contributed by atoms with van der Waals surface area (Å²) < 4.78 is 0.